The Morgan fingerprint density at radius 1 is 1.00 bits per heavy atom. The highest BCUT2D eigenvalue weighted by molar-refractivity contribution is 5.79. The molecule has 81 valence electrons. The lowest BCUT2D eigenvalue weighted by Gasteiger charge is -2.05. The highest BCUT2D eigenvalue weighted by atomic mass is 14.9. The van der Waals surface area contributed by atoms with Gasteiger partial charge in [-0.2, -0.15) is 0 Å². The molecule has 3 aromatic rings. The van der Waals surface area contributed by atoms with Crippen LogP contribution in [0, 0.1) is 6.20 Å². The van der Waals surface area contributed by atoms with E-state index in [1.165, 1.54) is 0 Å². The number of imidazole rings is 1. The van der Waals surface area contributed by atoms with Crippen LogP contribution in [0.2, 0.25) is 0 Å². The number of nitrogens with one attached hydrogen (secondary N) is 1. The molecule has 0 bridgehead atoms. The maximum atomic E-state index is 4.27. The van der Waals surface area contributed by atoms with Gasteiger partial charge in [-0.1, -0.05) is 30.3 Å². The molecule has 17 heavy (non-hydrogen) atoms. The van der Waals surface area contributed by atoms with Crippen molar-refractivity contribution < 1.29 is 0 Å². The Balaban J connectivity index is 2.18. The van der Waals surface area contributed by atoms with Crippen LogP contribution < -0.4 is 0 Å². The third kappa shape index (κ3) is 1.83. The van der Waals surface area contributed by atoms with Crippen LogP contribution in [0.1, 0.15) is 0 Å². The molecular formula is C14H10N3. The van der Waals surface area contributed by atoms with E-state index in [9.17, 15) is 0 Å². The summed E-state index contributed by atoms with van der Waals surface area (Å²) in [5.41, 5.74) is 3.06. The number of rotatable bonds is 2. The average Bonchev–Trinajstić information content (AvgIpc) is 2.94. The average molecular weight is 220 g/mol. The predicted molar refractivity (Wildman–Crippen MR) is 66.1 cm³/mol. The van der Waals surface area contributed by atoms with E-state index in [1.807, 2.05) is 42.6 Å². The first-order chi connectivity index (χ1) is 8.45. The van der Waals surface area contributed by atoms with E-state index >= 15 is 0 Å². The summed E-state index contributed by atoms with van der Waals surface area (Å²) < 4.78 is 0. The zero-order valence-electron chi connectivity index (χ0n) is 9.09. The normalized spacial score (nSPS) is 10.4. The fourth-order valence-electron chi connectivity index (χ4n) is 1.79. The maximum Gasteiger partial charge on any atom is 0.138 e. The van der Waals surface area contributed by atoms with Crippen LogP contribution in [0.15, 0.2) is 55.0 Å². The SMILES string of the molecule is [c]1nccc(-c2ncc[nH]2)c1-c1ccccc1. The molecule has 2 heterocycles. The Labute approximate surface area is 99.2 Å². The molecule has 1 N–H and O–H groups in total. The number of H-pyrrole nitrogens is 1. The quantitative estimate of drug-likeness (QED) is 0.721. The molecule has 0 aliphatic carbocycles. The molecule has 0 saturated heterocycles. The van der Waals surface area contributed by atoms with Gasteiger partial charge in [0.05, 0.1) is 6.20 Å². The van der Waals surface area contributed by atoms with Crippen LogP contribution in [0.4, 0.5) is 0 Å². The number of aromatic amines is 1. The third-order valence-corrected chi connectivity index (χ3v) is 2.58. The lowest BCUT2D eigenvalue weighted by Crippen LogP contribution is -1.88. The Morgan fingerprint density at radius 3 is 2.65 bits per heavy atom. The van der Waals surface area contributed by atoms with E-state index < -0.39 is 0 Å². The summed E-state index contributed by atoms with van der Waals surface area (Å²) >= 11 is 0. The van der Waals surface area contributed by atoms with Crippen molar-refractivity contribution in [2.24, 2.45) is 0 Å². The standard InChI is InChI=1S/C14H10N3/c1-2-4-11(5-3-1)13-10-15-7-6-12(13)14-16-8-9-17-14/h1-9H,(H,16,17). The minimum Gasteiger partial charge on any atom is -0.345 e. The zero-order valence-corrected chi connectivity index (χ0v) is 9.09. The minimum absolute atomic E-state index is 0.836. The molecule has 3 nitrogen and oxygen atoms in total. The van der Waals surface area contributed by atoms with E-state index in [1.54, 1.807) is 12.4 Å². The van der Waals surface area contributed by atoms with Crippen molar-refractivity contribution >= 4 is 0 Å². The van der Waals surface area contributed by atoms with Crippen LogP contribution in [-0.2, 0) is 0 Å². The number of pyridine rings is 1. The molecule has 0 aliphatic rings. The van der Waals surface area contributed by atoms with E-state index in [0.29, 0.717) is 0 Å². The summed E-state index contributed by atoms with van der Waals surface area (Å²) in [6, 6.07) is 12.0. The van der Waals surface area contributed by atoms with Gasteiger partial charge in [0, 0.05) is 29.7 Å². The molecule has 1 aromatic carbocycles. The van der Waals surface area contributed by atoms with Gasteiger partial charge in [-0.15, -0.1) is 0 Å². The first-order valence-corrected chi connectivity index (χ1v) is 5.37. The smallest absolute Gasteiger partial charge is 0.138 e. The molecule has 0 spiro atoms. The largest absolute Gasteiger partial charge is 0.345 e. The maximum absolute atomic E-state index is 4.27. The molecule has 0 atom stereocenters. The van der Waals surface area contributed by atoms with E-state index in [2.05, 4.69) is 21.1 Å². The Kier molecular flexibility index (Phi) is 2.43. The highest BCUT2D eigenvalue weighted by Gasteiger charge is 2.08. The van der Waals surface area contributed by atoms with Crippen molar-refractivity contribution in [1.29, 1.82) is 0 Å². The number of nitrogens with zero attached hydrogens (tertiary/aromatic N) is 2. The molecule has 2 aromatic heterocycles. The third-order valence-electron chi connectivity index (χ3n) is 2.58. The second kappa shape index (κ2) is 4.22. The number of benzene rings is 1. The van der Waals surface area contributed by atoms with Crippen LogP contribution in [0.5, 0.6) is 0 Å². The monoisotopic (exact) mass is 220 g/mol. The fourth-order valence-corrected chi connectivity index (χ4v) is 1.79. The molecular weight excluding hydrogens is 210 g/mol. The van der Waals surface area contributed by atoms with Gasteiger partial charge in [0.1, 0.15) is 5.82 Å². The van der Waals surface area contributed by atoms with Gasteiger partial charge in [0.15, 0.2) is 0 Å². The van der Waals surface area contributed by atoms with Crippen molar-refractivity contribution in [1.82, 2.24) is 15.0 Å². The summed E-state index contributed by atoms with van der Waals surface area (Å²) in [5.74, 6) is 0.836. The number of aromatic nitrogens is 3. The second-order valence-electron chi connectivity index (χ2n) is 3.65. The van der Waals surface area contributed by atoms with Crippen molar-refractivity contribution in [2.75, 3.05) is 0 Å². The van der Waals surface area contributed by atoms with Gasteiger partial charge >= 0.3 is 0 Å². The summed E-state index contributed by atoms with van der Waals surface area (Å²) in [4.78, 5) is 11.4. The van der Waals surface area contributed by atoms with Gasteiger partial charge in [0.2, 0.25) is 0 Å². The summed E-state index contributed by atoms with van der Waals surface area (Å²) in [7, 11) is 0. The highest BCUT2D eigenvalue weighted by Crippen LogP contribution is 2.28. The summed E-state index contributed by atoms with van der Waals surface area (Å²) in [6.45, 7) is 0. The van der Waals surface area contributed by atoms with Gasteiger partial charge in [-0.05, 0) is 11.6 Å². The van der Waals surface area contributed by atoms with E-state index in [0.717, 1.165) is 22.5 Å². The minimum atomic E-state index is 0.836. The van der Waals surface area contributed by atoms with E-state index in [4.69, 9.17) is 0 Å². The van der Waals surface area contributed by atoms with Crippen LogP contribution in [0.25, 0.3) is 22.5 Å². The summed E-state index contributed by atoms with van der Waals surface area (Å²) in [6.07, 6.45) is 8.31. The lowest BCUT2D eigenvalue weighted by atomic mass is 10.0. The van der Waals surface area contributed by atoms with Crippen molar-refractivity contribution in [3.05, 3.63) is 61.2 Å². The second-order valence-corrected chi connectivity index (χ2v) is 3.65. The fraction of sp³-hybridized carbons (Fsp3) is 0. The zero-order chi connectivity index (χ0) is 11.5. The van der Waals surface area contributed by atoms with Crippen molar-refractivity contribution in [2.45, 2.75) is 0 Å². The first-order valence-electron chi connectivity index (χ1n) is 5.37. The number of hydrogen-bond donors (Lipinski definition) is 1. The molecule has 0 amide bonds. The van der Waals surface area contributed by atoms with Gasteiger partial charge in [-0.3, -0.25) is 4.98 Å². The topological polar surface area (TPSA) is 41.6 Å². The van der Waals surface area contributed by atoms with Crippen LogP contribution >= 0.6 is 0 Å². The molecule has 0 saturated carbocycles. The van der Waals surface area contributed by atoms with Crippen molar-refractivity contribution in [3.63, 3.8) is 0 Å². The molecule has 3 heteroatoms. The molecule has 0 fully saturated rings. The first kappa shape index (κ1) is 9.78. The van der Waals surface area contributed by atoms with Gasteiger partial charge in [0.25, 0.3) is 0 Å². The lowest BCUT2D eigenvalue weighted by molar-refractivity contribution is 1.26. The van der Waals surface area contributed by atoms with Crippen LogP contribution in [0.3, 0.4) is 0 Å². The summed E-state index contributed by atoms with van der Waals surface area (Å²) in [5, 5.41) is 0. The number of hydrogen-bond acceptors (Lipinski definition) is 2. The van der Waals surface area contributed by atoms with E-state index in [-0.39, 0.29) is 0 Å². The van der Waals surface area contributed by atoms with Crippen LogP contribution in [-0.4, -0.2) is 15.0 Å². The molecule has 3 rings (SSSR count). The Bertz CT molecular complexity index is 600. The van der Waals surface area contributed by atoms with Gasteiger partial charge < -0.3 is 4.98 Å². The molecule has 1 radical (unpaired) electrons. The Morgan fingerprint density at radius 2 is 1.88 bits per heavy atom. The Hall–Kier alpha value is -2.42. The predicted octanol–water partition coefficient (Wildman–Crippen LogP) is 2.94. The van der Waals surface area contributed by atoms with Crippen molar-refractivity contribution in [3.8, 4) is 22.5 Å². The van der Waals surface area contributed by atoms with Gasteiger partial charge in [-0.25, -0.2) is 4.98 Å². The molecule has 0 aliphatic heterocycles. The molecule has 0 unspecified atom stereocenters.